The average molecular weight is 1040 g/mol. The van der Waals surface area contributed by atoms with Crippen molar-refractivity contribution in [1.82, 2.24) is 0 Å². The fraction of sp³-hybridized carbons (Fsp3) is 0.725. The largest absolute Gasteiger partial charge is 0.462 e. The highest BCUT2D eigenvalue weighted by atomic mass is 16.6. The lowest BCUT2D eigenvalue weighted by atomic mass is 10.1. The molecule has 0 aromatic carbocycles. The molecule has 0 amide bonds. The topological polar surface area (TPSA) is 78.9 Å². The van der Waals surface area contributed by atoms with Crippen LogP contribution in [0.4, 0.5) is 0 Å². The molecule has 0 aliphatic carbocycles. The Bertz CT molecular complexity index is 1480. The summed E-state index contributed by atoms with van der Waals surface area (Å²) in [6, 6.07) is 0. The Morgan fingerprint density at radius 3 is 0.840 bits per heavy atom. The predicted molar refractivity (Wildman–Crippen MR) is 325 cm³/mol. The predicted octanol–water partition coefficient (Wildman–Crippen LogP) is 21.7. The molecule has 0 N–H and O–H groups in total. The van der Waals surface area contributed by atoms with Crippen molar-refractivity contribution in [3.8, 4) is 0 Å². The molecule has 0 aliphatic heterocycles. The van der Waals surface area contributed by atoms with Gasteiger partial charge in [0.1, 0.15) is 13.2 Å². The van der Waals surface area contributed by atoms with E-state index in [4.69, 9.17) is 14.2 Å². The zero-order chi connectivity index (χ0) is 54.3. The molecule has 1 unspecified atom stereocenters. The van der Waals surface area contributed by atoms with Crippen LogP contribution in [0.15, 0.2) is 97.2 Å². The number of hydrogen-bond acceptors (Lipinski definition) is 6. The van der Waals surface area contributed by atoms with Crippen LogP contribution in [0.3, 0.4) is 0 Å². The van der Waals surface area contributed by atoms with Gasteiger partial charge in [-0.05, 0) is 122 Å². The van der Waals surface area contributed by atoms with Crippen molar-refractivity contribution in [2.45, 2.75) is 309 Å². The van der Waals surface area contributed by atoms with Crippen molar-refractivity contribution >= 4 is 17.9 Å². The summed E-state index contributed by atoms with van der Waals surface area (Å²) < 4.78 is 16.9. The minimum atomic E-state index is -0.792. The van der Waals surface area contributed by atoms with Gasteiger partial charge in [-0.25, -0.2) is 0 Å². The van der Waals surface area contributed by atoms with E-state index in [-0.39, 0.29) is 31.1 Å². The van der Waals surface area contributed by atoms with Gasteiger partial charge in [0.15, 0.2) is 6.10 Å². The van der Waals surface area contributed by atoms with Gasteiger partial charge in [-0.3, -0.25) is 14.4 Å². The van der Waals surface area contributed by atoms with E-state index in [0.29, 0.717) is 19.3 Å². The zero-order valence-corrected chi connectivity index (χ0v) is 49.3. The molecule has 0 saturated heterocycles. The third-order valence-corrected chi connectivity index (χ3v) is 13.5. The number of unbranched alkanes of at least 4 members (excludes halogenated alkanes) is 30. The van der Waals surface area contributed by atoms with Crippen LogP contribution in [0.2, 0.25) is 0 Å². The van der Waals surface area contributed by atoms with E-state index in [0.717, 1.165) is 116 Å². The Kier molecular flexibility index (Phi) is 59.8. The van der Waals surface area contributed by atoms with Gasteiger partial charge in [0, 0.05) is 19.3 Å². The minimum Gasteiger partial charge on any atom is -0.462 e. The molecule has 0 saturated carbocycles. The van der Waals surface area contributed by atoms with Crippen LogP contribution in [-0.4, -0.2) is 37.2 Å². The van der Waals surface area contributed by atoms with Crippen LogP contribution < -0.4 is 0 Å². The second-order valence-electron chi connectivity index (χ2n) is 20.9. The first-order valence-electron chi connectivity index (χ1n) is 31.7. The van der Waals surface area contributed by atoms with Crippen molar-refractivity contribution in [1.29, 1.82) is 0 Å². The maximum absolute atomic E-state index is 12.9. The summed E-state index contributed by atoms with van der Waals surface area (Å²) in [5.74, 6) is -0.907. The first kappa shape index (κ1) is 71.3. The molecule has 430 valence electrons. The molecule has 0 aromatic rings. The summed E-state index contributed by atoms with van der Waals surface area (Å²) in [7, 11) is 0. The number of allylic oxidation sites excluding steroid dienone is 16. The minimum absolute atomic E-state index is 0.0879. The van der Waals surface area contributed by atoms with Crippen LogP contribution in [0, 0.1) is 0 Å². The number of hydrogen-bond donors (Lipinski definition) is 0. The Morgan fingerprint density at radius 2 is 0.520 bits per heavy atom. The SMILES string of the molecule is CC/C=C\C/C=C\C/C=C\C/C=C\CCCCCCCCC(=O)OC(COC(=O)CCCCCCC/C=C\CCCCCC)COC(=O)CCCCCCCCCCCC/C=C\C/C=C\C/C=C\CCCCCCC. The van der Waals surface area contributed by atoms with Gasteiger partial charge in [-0.1, -0.05) is 259 Å². The lowest BCUT2D eigenvalue weighted by molar-refractivity contribution is -0.167. The second kappa shape index (κ2) is 62.9. The summed E-state index contributed by atoms with van der Waals surface area (Å²) in [5, 5.41) is 0. The molecule has 1 atom stereocenters. The maximum Gasteiger partial charge on any atom is 0.306 e. The summed E-state index contributed by atoms with van der Waals surface area (Å²) in [6.45, 7) is 6.50. The molecule has 0 aromatic heterocycles. The van der Waals surface area contributed by atoms with Gasteiger partial charge in [0.2, 0.25) is 0 Å². The number of ether oxygens (including phenoxy) is 3. The van der Waals surface area contributed by atoms with Gasteiger partial charge < -0.3 is 14.2 Å². The number of carbonyl (C=O) groups is 3. The first-order valence-corrected chi connectivity index (χ1v) is 31.7. The third kappa shape index (κ3) is 61.1. The third-order valence-electron chi connectivity index (χ3n) is 13.5. The molecule has 6 heteroatoms. The van der Waals surface area contributed by atoms with Crippen LogP contribution in [0.25, 0.3) is 0 Å². The smallest absolute Gasteiger partial charge is 0.306 e. The molecule has 0 heterocycles. The Balaban J connectivity index is 4.35. The highest BCUT2D eigenvalue weighted by molar-refractivity contribution is 5.71. The zero-order valence-electron chi connectivity index (χ0n) is 49.3. The van der Waals surface area contributed by atoms with Gasteiger partial charge in [-0.2, -0.15) is 0 Å². The molecule has 0 bridgehead atoms. The molecule has 75 heavy (non-hydrogen) atoms. The quantitative estimate of drug-likeness (QED) is 0.0261. The fourth-order valence-electron chi connectivity index (χ4n) is 8.79. The average Bonchev–Trinajstić information content (AvgIpc) is 3.41. The van der Waals surface area contributed by atoms with Crippen molar-refractivity contribution < 1.29 is 28.6 Å². The van der Waals surface area contributed by atoms with Crippen molar-refractivity contribution in [2.24, 2.45) is 0 Å². The van der Waals surface area contributed by atoms with Crippen molar-refractivity contribution in [3.63, 3.8) is 0 Å². The first-order chi connectivity index (χ1) is 37.0. The van der Waals surface area contributed by atoms with E-state index < -0.39 is 6.10 Å². The number of esters is 3. The highest BCUT2D eigenvalue weighted by Crippen LogP contribution is 2.15. The molecular weight excluding hydrogens is 925 g/mol. The lowest BCUT2D eigenvalue weighted by Crippen LogP contribution is -2.30. The Morgan fingerprint density at radius 1 is 0.280 bits per heavy atom. The van der Waals surface area contributed by atoms with E-state index >= 15 is 0 Å². The van der Waals surface area contributed by atoms with E-state index in [1.54, 1.807) is 0 Å². The van der Waals surface area contributed by atoms with Gasteiger partial charge in [0.25, 0.3) is 0 Å². The van der Waals surface area contributed by atoms with Gasteiger partial charge >= 0.3 is 17.9 Å². The van der Waals surface area contributed by atoms with Crippen molar-refractivity contribution in [2.75, 3.05) is 13.2 Å². The number of carbonyl (C=O) groups excluding carboxylic acids is 3. The summed E-state index contributed by atoms with van der Waals surface area (Å²) in [6.07, 6.45) is 84.1. The van der Waals surface area contributed by atoms with Gasteiger partial charge in [0.05, 0.1) is 0 Å². The van der Waals surface area contributed by atoms with Crippen LogP contribution in [0.1, 0.15) is 303 Å². The molecule has 6 nitrogen and oxygen atoms in total. The normalized spacial score (nSPS) is 12.7. The highest BCUT2D eigenvalue weighted by Gasteiger charge is 2.19. The molecule has 0 radical (unpaired) electrons. The van der Waals surface area contributed by atoms with Crippen LogP contribution in [0.5, 0.6) is 0 Å². The van der Waals surface area contributed by atoms with E-state index in [2.05, 4.69) is 118 Å². The molecule has 0 aliphatic rings. The van der Waals surface area contributed by atoms with E-state index in [9.17, 15) is 14.4 Å². The molecule has 0 spiro atoms. The van der Waals surface area contributed by atoms with Crippen LogP contribution >= 0.6 is 0 Å². The monoisotopic (exact) mass is 1040 g/mol. The van der Waals surface area contributed by atoms with Crippen molar-refractivity contribution in [3.05, 3.63) is 97.2 Å². The summed E-state index contributed by atoms with van der Waals surface area (Å²) in [4.78, 5) is 38.3. The second-order valence-corrected chi connectivity index (χ2v) is 20.9. The van der Waals surface area contributed by atoms with Gasteiger partial charge in [-0.15, -0.1) is 0 Å². The standard InChI is InChI=1S/C69H118O6/c1-4-7-10-13-16-19-22-25-27-29-31-32-33-34-35-36-38-39-41-44-47-50-53-56-59-62-68(71)74-65-66(64-73-67(70)61-58-55-52-49-46-43-24-21-18-15-12-9-6-3)75-69(72)63-60-57-54-51-48-45-42-40-37-30-28-26-23-20-17-14-11-8-5-2/h8,11,17,20-22,24-26,28-29,31,33-34,37,40,66H,4-7,9-10,12-16,18-19,23,27,30,32,35-36,38-39,41-65H2,1-3H3/b11-8-,20-17-,24-21-,25-22-,28-26-,31-29-,34-33-,40-37-. The fourth-order valence-corrected chi connectivity index (χ4v) is 8.79. The molecule has 0 rings (SSSR count). The molecule has 0 fully saturated rings. The Hall–Kier alpha value is -3.67. The maximum atomic E-state index is 12.9. The Labute approximate surface area is 464 Å². The number of rotatable bonds is 57. The van der Waals surface area contributed by atoms with Crippen LogP contribution in [-0.2, 0) is 28.6 Å². The summed E-state index contributed by atoms with van der Waals surface area (Å²) in [5.41, 5.74) is 0. The van der Waals surface area contributed by atoms with E-state index in [1.807, 2.05) is 0 Å². The lowest BCUT2D eigenvalue weighted by Gasteiger charge is -2.18. The summed E-state index contributed by atoms with van der Waals surface area (Å²) >= 11 is 0. The molecular formula is C69H118O6. The van der Waals surface area contributed by atoms with E-state index in [1.165, 1.54) is 148 Å².